The molecule has 30 heavy (non-hydrogen) atoms. The minimum absolute atomic E-state index is 0.0262. The second-order valence-corrected chi connectivity index (χ2v) is 7.49. The molecule has 0 aliphatic rings. The number of nitrogens with one attached hydrogen (secondary N) is 1. The van der Waals surface area contributed by atoms with Crippen LogP contribution in [0.5, 0.6) is 5.75 Å². The van der Waals surface area contributed by atoms with Gasteiger partial charge in [-0.25, -0.2) is 4.39 Å². The number of rotatable bonds is 10. The van der Waals surface area contributed by atoms with E-state index in [1.165, 1.54) is 24.3 Å². The topological polar surface area (TPSA) is 58.6 Å². The maximum atomic E-state index is 13.1. The summed E-state index contributed by atoms with van der Waals surface area (Å²) >= 11 is 0. The Balaban J connectivity index is 2.19. The Hall–Kier alpha value is -2.89. The van der Waals surface area contributed by atoms with Crippen molar-refractivity contribution in [3.05, 3.63) is 65.5 Å². The van der Waals surface area contributed by atoms with Crippen molar-refractivity contribution in [3.8, 4) is 5.75 Å². The molecule has 2 aromatic rings. The van der Waals surface area contributed by atoms with Gasteiger partial charge in [0.1, 0.15) is 17.6 Å². The molecule has 0 radical (unpaired) electrons. The van der Waals surface area contributed by atoms with Gasteiger partial charge in [-0.3, -0.25) is 9.59 Å². The number of amides is 2. The number of nitrogens with zero attached hydrogens (tertiary/aromatic N) is 1. The number of carbonyl (C=O) groups is 2. The van der Waals surface area contributed by atoms with Crippen LogP contribution in [-0.4, -0.2) is 35.4 Å². The average Bonchev–Trinajstić information content (AvgIpc) is 2.74. The maximum Gasteiger partial charge on any atom is 0.261 e. The molecule has 2 amide bonds. The first-order valence-corrected chi connectivity index (χ1v) is 10.4. The fraction of sp³-hybridized carbons (Fsp3) is 0.417. The minimum Gasteiger partial charge on any atom is -0.484 e. The van der Waals surface area contributed by atoms with E-state index >= 15 is 0 Å². The van der Waals surface area contributed by atoms with E-state index < -0.39 is 6.04 Å². The van der Waals surface area contributed by atoms with Crippen molar-refractivity contribution in [2.75, 3.05) is 6.61 Å². The molecular formula is C24H31FN2O3. The third-order valence-electron chi connectivity index (χ3n) is 5.04. The number of benzene rings is 2. The predicted molar refractivity (Wildman–Crippen MR) is 116 cm³/mol. The second kappa shape index (κ2) is 11.3. The van der Waals surface area contributed by atoms with Gasteiger partial charge in [0, 0.05) is 12.6 Å². The van der Waals surface area contributed by atoms with Crippen LogP contribution in [0.25, 0.3) is 0 Å². The summed E-state index contributed by atoms with van der Waals surface area (Å²) in [4.78, 5) is 27.5. The molecule has 0 saturated carbocycles. The average molecular weight is 415 g/mol. The summed E-state index contributed by atoms with van der Waals surface area (Å²) in [6, 6.07) is 12.8. The summed E-state index contributed by atoms with van der Waals surface area (Å²) in [6.45, 7) is 7.89. The van der Waals surface area contributed by atoms with E-state index in [0.717, 1.165) is 17.5 Å². The Morgan fingerprint density at radius 3 is 2.23 bits per heavy atom. The van der Waals surface area contributed by atoms with E-state index in [0.29, 0.717) is 18.7 Å². The smallest absolute Gasteiger partial charge is 0.261 e. The first-order chi connectivity index (χ1) is 14.3. The van der Waals surface area contributed by atoms with Crippen LogP contribution in [0.4, 0.5) is 4.39 Å². The molecule has 162 valence electrons. The Morgan fingerprint density at radius 1 is 1.03 bits per heavy atom. The highest BCUT2D eigenvalue weighted by atomic mass is 19.1. The summed E-state index contributed by atoms with van der Waals surface area (Å²) in [5.41, 5.74) is 2.06. The molecule has 2 atom stereocenters. The number of hydrogen-bond acceptors (Lipinski definition) is 3. The summed E-state index contributed by atoms with van der Waals surface area (Å²) in [5, 5.41) is 2.98. The molecular weight excluding hydrogens is 383 g/mol. The van der Waals surface area contributed by atoms with Gasteiger partial charge in [0.05, 0.1) is 0 Å². The zero-order valence-corrected chi connectivity index (χ0v) is 18.2. The molecule has 0 saturated heterocycles. The molecule has 5 nitrogen and oxygen atoms in total. The lowest BCUT2D eigenvalue weighted by Gasteiger charge is -2.31. The summed E-state index contributed by atoms with van der Waals surface area (Å²) in [7, 11) is 0. The van der Waals surface area contributed by atoms with Gasteiger partial charge in [0.15, 0.2) is 6.61 Å². The molecule has 0 bridgehead atoms. The Morgan fingerprint density at radius 2 is 1.67 bits per heavy atom. The summed E-state index contributed by atoms with van der Waals surface area (Å²) < 4.78 is 18.6. The molecule has 2 rings (SSSR count). The van der Waals surface area contributed by atoms with Crippen molar-refractivity contribution in [3.63, 3.8) is 0 Å². The normalized spacial score (nSPS) is 12.7. The van der Waals surface area contributed by atoms with Gasteiger partial charge >= 0.3 is 0 Å². The molecule has 0 aliphatic carbocycles. The molecule has 0 unspecified atom stereocenters. The van der Waals surface area contributed by atoms with Gasteiger partial charge in [-0.2, -0.15) is 0 Å². The van der Waals surface area contributed by atoms with E-state index in [1.807, 2.05) is 52.0 Å². The quantitative estimate of drug-likeness (QED) is 0.633. The number of aryl methyl sites for hydroxylation is 1. The Kier molecular flexibility index (Phi) is 8.84. The zero-order chi connectivity index (χ0) is 22.1. The van der Waals surface area contributed by atoms with Crippen LogP contribution in [0.15, 0.2) is 48.5 Å². The van der Waals surface area contributed by atoms with Gasteiger partial charge in [0.2, 0.25) is 5.91 Å². The third-order valence-corrected chi connectivity index (χ3v) is 5.04. The number of ether oxygens (including phenoxy) is 1. The van der Waals surface area contributed by atoms with E-state index in [4.69, 9.17) is 4.74 Å². The zero-order valence-electron chi connectivity index (χ0n) is 18.2. The van der Waals surface area contributed by atoms with E-state index in [-0.39, 0.29) is 30.3 Å². The lowest BCUT2D eigenvalue weighted by Crippen LogP contribution is -2.51. The molecule has 0 heterocycles. The predicted octanol–water partition coefficient (Wildman–Crippen LogP) is 4.24. The Labute approximate surface area is 178 Å². The fourth-order valence-electron chi connectivity index (χ4n) is 3.01. The molecule has 0 aromatic heterocycles. The van der Waals surface area contributed by atoms with Gasteiger partial charge in [0.25, 0.3) is 5.91 Å². The van der Waals surface area contributed by atoms with E-state index in [1.54, 1.807) is 4.90 Å². The van der Waals surface area contributed by atoms with E-state index in [9.17, 15) is 14.0 Å². The van der Waals surface area contributed by atoms with Crippen molar-refractivity contribution < 1.29 is 18.7 Å². The van der Waals surface area contributed by atoms with Gasteiger partial charge in [-0.1, -0.05) is 43.7 Å². The molecule has 1 N–H and O–H groups in total. The summed E-state index contributed by atoms with van der Waals surface area (Å²) in [5.74, 6) is -0.445. The molecule has 2 aromatic carbocycles. The highest BCUT2D eigenvalue weighted by Crippen LogP contribution is 2.16. The Bertz CT molecular complexity index is 821. The van der Waals surface area contributed by atoms with E-state index in [2.05, 4.69) is 5.32 Å². The lowest BCUT2D eigenvalue weighted by atomic mass is 10.1. The van der Waals surface area contributed by atoms with Crippen LogP contribution in [0.2, 0.25) is 0 Å². The number of carbonyl (C=O) groups excluding carboxylic acids is 2. The van der Waals surface area contributed by atoms with Crippen LogP contribution in [-0.2, 0) is 16.1 Å². The molecule has 0 fully saturated rings. The van der Waals surface area contributed by atoms with Gasteiger partial charge in [-0.15, -0.1) is 0 Å². The summed E-state index contributed by atoms with van der Waals surface area (Å²) in [6.07, 6.45) is 1.29. The SMILES string of the molecule is CC[C@H](C(=O)N[C@@H](C)CC)N(Cc1ccc(C)cc1)C(=O)COc1ccc(F)cc1. The fourth-order valence-corrected chi connectivity index (χ4v) is 3.01. The lowest BCUT2D eigenvalue weighted by molar-refractivity contribution is -0.143. The number of halogens is 1. The molecule has 6 heteroatoms. The monoisotopic (exact) mass is 414 g/mol. The highest BCUT2D eigenvalue weighted by Gasteiger charge is 2.29. The number of hydrogen-bond donors (Lipinski definition) is 1. The van der Waals surface area contributed by atoms with Crippen LogP contribution >= 0.6 is 0 Å². The van der Waals surface area contributed by atoms with Crippen LogP contribution in [0.3, 0.4) is 0 Å². The molecule has 0 spiro atoms. The minimum atomic E-state index is -0.607. The first-order valence-electron chi connectivity index (χ1n) is 10.4. The van der Waals surface area contributed by atoms with Crippen molar-refractivity contribution in [2.24, 2.45) is 0 Å². The van der Waals surface area contributed by atoms with Crippen molar-refractivity contribution >= 4 is 11.8 Å². The molecule has 0 aliphatic heterocycles. The van der Waals surface area contributed by atoms with Crippen LogP contribution in [0, 0.1) is 12.7 Å². The first kappa shape index (κ1) is 23.4. The largest absolute Gasteiger partial charge is 0.484 e. The van der Waals surface area contributed by atoms with Crippen molar-refractivity contribution in [2.45, 2.75) is 59.2 Å². The van der Waals surface area contributed by atoms with Crippen LogP contribution in [0.1, 0.15) is 44.7 Å². The van der Waals surface area contributed by atoms with Gasteiger partial charge in [-0.05, 0) is 56.5 Å². The highest BCUT2D eigenvalue weighted by molar-refractivity contribution is 5.88. The van der Waals surface area contributed by atoms with Crippen LogP contribution < -0.4 is 10.1 Å². The second-order valence-electron chi connectivity index (χ2n) is 7.49. The van der Waals surface area contributed by atoms with Crippen molar-refractivity contribution in [1.82, 2.24) is 10.2 Å². The third kappa shape index (κ3) is 6.87. The van der Waals surface area contributed by atoms with Crippen molar-refractivity contribution in [1.29, 1.82) is 0 Å². The standard InChI is InChI=1S/C24H31FN2O3/c1-5-18(4)26-24(29)22(6-2)27(15-19-9-7-17(3)8-10-19)23(28)16-30-21-13-11-20(25)12-14-21/h7-14,18,22H,5-6,15-16H2,1-4H3,(H,26,29)/t18-,22+/m0/s1. The maximum absolute atomic E-state index is 13.1. The van der Waals surface area contributed by atoms with Gasteiger partial charge < -0.3 is 15.0 Å².